The standard InChI is InChI=1S/C20H20N4O4S/c1-27-18-7-15-16(8-19(18)28-2)22-9-17-20(15)24(12-23-17)10-13-3-5-14(6-4-13)11-29(21,25)26/h3-9,12H,10-11H2,1-2H3,(H2,21,25,26). The number of hydrogen-bond donors (Lipinski definition) is 1. The summed E-state index contributed by atoms with van der Waals surface area (Å²) >= 11 is 0. The number of primary sulfonamides is 1. The first-order valence-electron chi connectivity index (χ1n) is 8.82. The summed E-state index contributed by atoms with van der Waals surface area (Å²) in [7, 11) is -0.366. The second-order valence-corrected chi connectivity index (χ2v) is 8.33. The number of aromatic nitrogens is 3. The first-order valence-corrected chi connectivity index (χ1v) is 10.5. The zero-order valence-corrected chi connectivity index (χ0v) is 16.8. The average Bonchev–Trinajstić information content (AvgIpc) is 3.10. The highest BCUT2D eigenvalue weighted by molar-refractivity contribution is 7.88. The van der Waals surface area contributed by atoms with Gasteiger partial charge in [0.05, 0.1) is 43.5 Å². The molecule has 2 N–H and O–H groups in total. The Kier molecular flexibility index (Phi) is 4.85. The molecule has 0 spiro atoms. The van der Waals surface area contributed by atoms with Crippen LogP contribution in [0.3, 0.4) is 0 Å². The zero-order valence-electron chi connectivity index (χ0n) is 16.0. The van der Waals surface area contributed by atoms with Gasteiger partial charge in [0.2, 0.25) is 10.0 Å². The molecule has 4 rings (SSSR count). The SMILES string of the molecule is COc1cc2ncc3ncn(Cc4ccc(CS(N)(=O)=O)cc4)c3c2cc1OC. The van der Waals surface area contributed by atoms with Gasteiger partial charge < -0.3 is 14.0 Å². The lowest BCUT2D eigenvalue weighted by molar-refractivity contribution is 0.356. The summed E-state index contributed by atoms with van der Waals surface area (Å²) in [5.41, 5.74) is 4.15. The van der Waals surface area contributed by atoms with Crippen LogP contribution in [0.2, 0.25) is 0 Å². The van der Waals surface area contributed by atoms with E-state index in [1.54, 1.807) is 38.9 Å². The van der Waals surface area contributed by atoms with Gasteiger partial charge in [0.1, 0.15) is 5.52 Å². The molecule has 2 aromatic carbocycles. The number of pyridine rings is 1. The lowest BCUT2D eigenvalue weighted by atomic mass is 10.1. The highest BCUT2D eigenvalue weighted by atomic mass is 32.2. The van der Waals surface area contributed by atoms with E-state index < -0.39 is 10.0 Å². The van der Waals surface area contributed by atoms with Gasteiger partial charge in [-0.2, -0.15) is 0 Å². The number of imidazole rings is 1. The fourth-order valence-electron chi connectivity index (χ4n) is 3.37. The number of benzene rings is 2. The second kappa shape index (κ2) is 7.34. The maximum atomic E-state index is 11.3. The maximum Gasteiger partial charge on any atom is 0.213 e. The summed E-state index contributed by atoms with van der Waals surface area (Å²) in [5, 5.41) is 6.02. The third-order valence-electron chi connectivity index (χ3n) is 4.69. The topological polar surface area (TPSA) is 109 Å². The van der Waals surface area contributed by atoms with Gasteiger partial charge in [-0.05, 0) is 17.2 Å². The van der Waals surface area contributed by atoms with Gasteiger partial charge >= 0.3 is 0 Å². The fourth-order valence-corrected chi connectivity index (χ4v) is 4.03. The molecule has 0 atom stereocenters. The predicted molar refractivity (Wildman–Crippen MR) is 110 cm³/mol. The van der Waals surface area contributed by atoms with E-state index in [4.69, 9.17) is 14.6 Å². The van der Waals surface area contributed by atoms with Crippen LogP contribution >= 0.6 is 0 Å². The molecule has 2 heterocycles. The Morgan fingerprint density at radius 1 is 0.966 bits per heavy atom. The van der Waals surface area contributed by atoms with Gasteiger partial charge in [0.15, 0.2) is 11.5 Å². The Hall–Kier alpha value is -3.17. The van der Waals surface area contributed by atoms with Crippen molar-refractivity contribution in [1.82, 2.24) is 14.5 Å². The van der Waals surface area contributed by atoms with Crippen LogP contribution in [0.4, 0.5) is 0 Å². The molecule has 0 saturated heterocycles. The quantitative estimate of drug-likeness (QED) is 0.521. The van der Waals surface area contributed by atoms with Crippen molar-refractivity contribution in [3.63, 3.8) is 0 Å². The molecule has 0 radical (unpaired) electrons. The van der Waals surface area contributed by atoms with E-state index >= 15 is 0 Å². The number of methoxy groups -OCH3 is 2. The number of ether oxygens (including phenoxy) is 2. The smallest absolute Gasteiger partial charge is 0.213 e. The number of sulfonamides is 1. The van der Waals surface area contributed by atoms with Crippen molar-refractivity contribution < 1.29 is 17.9 Å². The monoisotopic (exact) mass is 412 g/mol. The molecular formula is C20H20N4O4S. The van der Waals surface area contributed by atoms with Crippen LogP contribution in [-0.4, -0.2) is 37.2 Å². The Morgan fingerprint density at radius 3 is 2.28 bits per heavy atom. The summed E-state index contributed by atoms with van der Waals surface area (Å²) < 4.78 is 35.3. The molecule has 29 heavy (non-hydrogen) atoms. The number of rotatable bonds is 6. The van der Waals surface area contributed by atoms with E-state index in [2.05, 4.69) is 9.97 Å². The molecule has 0 aliphatic carbocycles. The van der Waals surface area contributed by atoms with E-state index in [-0.39, 0.29) is 5.75 Å². The second-order valence-electron chi connectivity index (χ2n) is 6.71. The molecule has 9 heteroatoms. The van der Waals surface area contributed by atoms with Crippen molar-refractivity contribution >= 4 is 32.0 Å². The highest BCUT2D eigenvalue weighted by Gasteiger charge is 2.13. The number of nitrogens with zero attached hydrogens (tertiary/aromatic N) is 3. The van der Waals surface area contributed by atoms with Gasteiger partial charge in [0, 0.05) is 18.0 Å². The van der Waals surface area contributed by atoms with Crippen molar-refractivity contribution in [2.75, 3.05) is 14.2 Å². The zero-order chi connectivity index (χ0) is 20.6. The van der Waals surface area contributed by atoms with Gasteiger partial charge in [-0.15, -0.1) is 0 Å². The molecule has 4 aromatic rings. The largest absolute Gasteiger partial charge is 0.493 e. The van der Waals surface area contributed by atoms with Crippen molar-refractivity contribution in [2.45, 2.75) is 12.3 Å². The summed E-state index contributed by atoms with van der Waals surface area (Å²) in [6.45, 7) is 0.569. The van der Waals surface area contributed by atoms with E-state index in [1.807, 2.05) is 28.8 Å². The molecule has 0 unspecified atom stereocenters. The van der Waals surface area contributed by atoms with Gasteiger partial charge in [-0.25, -0.2) is 18.5 Å². The molecule has 150 valence electrons. The third-order valence-corrected chi connectivity index (χ3v) is 5.43. The van der Waals surface area contributed by atoms with Crippen LogP contribution in [0.5, 0.6) is 11.5 Å². The molecule has 8 nitrogen and oxygen atoms in total. The lowest BCUT2D eigenvalue weighted by Crippen LogP contribution is -2.14. The van der Waals surface area contributed by atoms with Crippen LogP contribution < -0.4 is 14.6 Å². The Balaban J connectivity index is 1.75. The van der Waals surface area contributed by atoms with Crippen LogP contribution in [-0.2, 0) is 22.3 Å². The maximum absolute atomic E-state index is 11.3. The normalized spacial score (nSPS) is 11.8. The molecule has 0 fully saturated rings. The number of nitrogens with two attached hydrogens (primary N) is 1. The van der Waals surface area contributed by atoms with Gasteiger partial charge in [-0.1, -0.05) is 24.3 Å². The molecule has 0 aliphatic rings. The average molecular weight is 412 g/mol. The third kappa shape index (κ3) is 3.87. The van der Waals surface area contributed by atoms with E-state index in [0.29, 0.717) is 23.6 Å². The lowest BCUT2D eigenvalue weighted by Gasteiger charge is -2.11. The van der Waals surface area contributed by atoms with Crippen molar-refractivity contribution in [1.29, 1.82) is 0 Å². The molecular weight excluding hydrogens is 392 g/mol. The summed E-state index contributed by atoms with van der Waals surface area (Å²) in [6.07, 6.45) is 3.50. The minimum Gasteiger partial charge on any atom is -0.493 e. The van der Waals surface area contributed by atoms with E-state index in [9.17, 15) is 8.42 Å². The Bertz CT molecular complexity index is 1300. The first-order chi connectivity index (χ1) is 13.9. The summed E-state index contributed by atoms with van der Waals surface area (Å²) in [5.74, 6) is 1.05. The molecule has 0 amide bonds. The van der Waals surface area contributed by atoms with Gasteiger partial charge in [0.25, 0.3) is 0 Å². The van der Waals surface area contributed by atoms with E-state index in [1.165, 1.54) is 0 Å². The van der Waals surface area contributed by atoms with Crippen molar-refractivity contribution in [3.05, 3.63) is 60.0 Å². The van der Waals surface area contributed by atoms with Crippen molar-refractivity contribution in [3.8, 4) is 11.5 Å². The van der Waals surface area contributed by atoms with Crippen molar-refractivity contribution in [2.24, 2.45) is 5.14 Å². The Labute approximate surface area is 167 Å². The van der Waals surface area contributed by atoms with Crippen LogP contribution in [0.1, 0.15) is 11.1 Å². The molecule has 0 saturated carbocycles. The first kappa shape index (κ1) is 19.2. The molecule has 0 bridgehead atoms. The minimum atomic E-state index is -3.55. The highest BCUT2D eigenvalue weighted by Crippen LogP contribution is 2.34. The van der Waals surface area contributed by atoms with E-state index in [0.717, 1.165) is 27.5 Å². The van der Waals surface area contributed by atoms with Crippen LogP contribution in [0, 0.1) is 0 Å². The molecule has 0 aliphatic heterocycles. The summed E-state index contributed by atoms with van der Waals surface area (Å²) in [4.78, 5) is 8.94. The van der Waals surface area contributed by atoms with Crippen LogP contribution in [0.25, 0.3) is 21.9 Å². The minimum absolute atomic E-state index is 0.181. The van der Waals surface area contributed by atoms with Crippen LogP contribution in [0.15, 0.2) is 48.9 Å². The predicted octanol–water partition coefficient (Wildman–Crippen LogP) is 2.44. The number of fused-ring (bicyclic) bond motifs is 3. The Morgan fingerprint density at radius 2 is 1.62 bits per heavy atom. The summed E-state index contributed by atoms with van der Waals surface area (Å²) in [6, 6.07) is 11.1. The number of hydrogen-bond acceptors (Lipinski definition) is 6. The fraction of sp³-hybridized carbons (Fsp3) is 0.200. The van der Waals surface area contributed by atoms with Gasteiger partial charge in [-0.3, -0.25) is 4.98 Å². The molecule has 2 aromatic heterocycles.